The number of nitrogens with zero attached hydrogens (tertiary/aromatic N) is 1. The van der Waals surface area contributed by atoms with Gasteiger partial charge < -0.3 is 14.3 Å². The number of ether oxygens (including phenoxy) is 2. The fourth-order valence-corrected chi connectivity index (χ4v) is 5.96. The zero-order valence-electron chi connectivity index (χ0n) is 18.2. The predicted molar refractivity (Wildman–Crippen MR) is 115 cm³/mol. The van der Waals surface area contributed by atoms with Gasteiger partial charge in [-0.2, -0.15) is 0 Å². The lowest BCUT2D eigenvalue weighted by Crippen LogP contribution is -2.33. The van der Waals surface area contributed by atoms with Crippen LogP contribution in [0.25, 0.3) is 6.08 Å². The molecule has 3 aliphatic carbocycles. The van der Waals surface area contributed by atoms with Gasteiger partial charge in [-0.05, 0) is 66.4 Å². The van der Waals surface area contributed by atoms with Crippen LogP contribution in [0.3, 0.4) is 0 Å². The van der Waals surface area contributed by atoms with Gasteiger partial charge in [-0.15, -0.1) is 0 Å². The minimum atomic E-state index is -0.159. The van der Waals surface area contributed by atoms with Crippen molar-refractivity contribution in [3.63, 3.8) is 0 Å². The van der Waals surface area contributed by atoms with Gasteiger partial charge in [-0.25, -0.2) is 4.79 Å². The number of benzene rings is 1. The fraction of sp³-hybridized carbons (Fsp3) is 0.600. The molecule has 5 rings (SSSR count). The molecule has 1 heterocycles. The molecule has 0 N–H and O–H groups in total. The Hall–Kier alpha value is -2.30. The first-order valence-electron chi connectivity index (χ1n) is 11.3. The summed E-state index contributed by atoms with van der Waals surface area (Å²) in [5, 5.41) is 4.54. The zero-order valence-corrected chi connectivity index (χ0v) is 18.2. The highest BCUT2D eigenvalue weighted by Crippen LogP contribution is 2.66. The van der Waals surface area contributed by atoms with Gasteiger partial charge in [-0.1, -0.05) is 51.3 Å². The zero-order chi connectivity index (χ0) is 20.9. The number of oxime groups is 1. The number of rotatable bonds is 3. The molecule has 3 saturated carbocycles. The van der Waals surface area contributed by atoms with Crippen molar-refractivity contribution in [1.82, 2.24) is 0 Å². The van der Waals surface area contributed by atoms with Crippen molar-refractivity contribution in [3.8, 4) is 11.5 Å². The molecule has 2 bridgehead atoms. The molecule has 5 heteroatoms. The summed E-state index contributed by atoms with van der Waals surface area (Å²) in [4.78, 5) is 18.2. The lowest BCUT2D eigenvalue weighted by molar-refractivity contribution is -0.149. The number of fused-ring (bicyclic) bond motifs is 3. The topological polar surface area (TPSA) is 57.1 Å². The van der Waals surface area contributed by atoms with Crippen LogP contribution in [0.15, 0.2) is 28.9 Å². The van der Waals surface area contributed by atoms with Crippen LogP contribution in [0.2, 0.25) is 0 Å². The van der Waals surface area contributed by atoms with Crippen LogP contribution in [0.5, 0.6) is 11.5 Å². The number of hydrogen-bond donors (Lipinski definition) is 0. The van der Waals surface area contributed by atoms with Gasteiger partial charge in [0.2, 0.25) is 6.79 Å². The molecular weight excluding hydrogens is 378 g/mol. The van der Waals surface area contributed by atoms with Crippen molar-refractivity contribution in [3.05, 3.63) is 29.3 Å². The number of carbonyl (C=O) groups is 1. The van der Waals surface area contributed by atoms with Gasteiger partial charge in [-0.3, -0.25) is 0 Å². The molecule has 0 unspecified atom stereocenters. The Morgan fingerprint density at radius 1 is 1.10 bits per heavy atom. The maximum absolute atomic E-state index is 12.6. The van der Waals surface area contributed by atoms with E-state index in [9.17, 15) is 4.79 Å². The summed E-state index contributed by atoms with van der Waals surface area (Å²) >= 11 is 0. The monoisotopic (exact) mass is 409 g/mol. The van der Waals surface area contributed by atoms with E-state index in [2.05, 4.69) is 32.0 Å². The standard InChI is InChI=1S/C25H31NO4/c1-24(2)19-11-12-25(24,3)22(26-30-23(27)17-7-5-4-6-8-17)18(19)13-16-9-10-20-21(14-16)29-15-28-20/h9-10,13-14,17,19H,4-8,11-12,15H2,1-3H3/b18-13+,26-22+/t19-,25+/m1/s1. The number of carbonyl (C=O) groups excluding carboxylic acids is 1. The lowest BCUT2D eigenvalue weighted by Gasteiger charge is -2.33. The van der Waals surface area contributed by atoms with Gasteiger partial charge in [0, 0.05) is 5.41 Å². The first-order valence-corrected chi connectivity index (χ1v) is 11.3. The van der Waals surface area contributed by atoms with Crippen LogP contribution in [0.1, 0.15) is 71.3 Å². The molecule has 1 aromatic carbocycles. The molecule has 0 aromatic heterocycles. The Labute approximate surface area is 178 Å². The SMILES string of the molecule is CC1(C)[C@@H]2CC[C@@]1(C)C(=N/OC(=O)C1CCCCC1)/C2=C/c1ccc2c(c1)OCO2. The predicted octanol–water partition coefficient (Wildman–Crippen LogP) is 5.73. The Balaban J connectivity index is 1.47. The summed E-state index contributed by atoms with van der Waals surface area (Å²) in [6, 6.07) is 6.02. The summed E-state index contributed by atoms with van der Waals surface area (Å²) in [6.07, 6.45) is 9.69. The van der Waals surface area contributed by atoms with Crippen molar-refractivity contribution in [2.45, 2.75) is 65.7 Å². The highest BCUT2D eigenvalue weighted by atomic mass is 16.7. The number of allylic oxidation sites excluding steroid dienone is 1. The van der Waals surface area contributed by atoms with Crippen LogP contribution in [-0.2, 0) is 9.63 Å². The van der Waals surface area contributed by atoms with Gasteiger partial charge in [0.1, 0.15) is 0 Å². The highest BCUT2D eigenvalue weighted by Gasteiger charge is 2.63. The molecule has 1 aromatic rings. The van der Waals surface area contributed by atoms with Crippen LogP contribution >= 0.6 is 0 Å². The Kier molecular flexibility index (Phi) is 4.68. The largest absolute Gasteiger partial charge is 0.454 e. The summed E-state index contributed by atoms with van der Waals surface area (Å²) in [6.45, 7) is 7.20. The van der Waals surface area contributed by atoms with Crippen molar-refractivity contribution in [1.29, 1.82) is 0 Å². The van der Waals surface area contributed by atoms with E-state index in [4.69, 9.17) is 14.3 Å². The van der Waals surface area contributed by atoms with Gasteiger partial charge in [0.25, 0.3) is 0 Å². The van der Waals surface area contributed by atoms with Crippen molar-refractivity contribution in [2.75, 3.05) is 6.79 Å². The molecule has 4 aliphatic rings. The lowest BCUT2D eigenvalue weighted by atomic mass is 9.70. The molecular formula is C25H31NO4. The van der Waals surface area contributed by atoms with Crippen molar-refractivity contribution in [2.24, 2.45) is 27.8 Å². The fourth-order valence-electron chi connectivity index (χ4n) is 5.96. The summed E-state index contributed by atoms with van der Waals surface area (Å²) in [5.41, 5.74) is 3.19. The number of hydrogen-bond acceptors (Lipinski definition) is 5. The van der Waals surface area contributed by atoms with Crippen LogP contribution in [0.4, 0.5) is 0 Å². The summed E-state index contributed by atoms with van der Waals surface area (Å²) < 4.78 is 11.0. The third-order valence-electron chi connectivity index (χ3n) is 8.28. The second-order valence-corrected chi connectivity index (χ2v) is 10.0. The van der Waals surface area contributed by atoms with E-state index in [0.717, 1.165) is 61.3 Å². The molecule has 0 radical (unpaired) electrons. The highest BCUT2D eigenvalue weighted by molar-refractivity contribution is 6.11. The maximum Gasteiger partial charge on any atom is 0.338 e. The Bertz CT molecular complexity index is 925. The molecule has 5 nitrogen and oxygen atoms in total. The van der Waals surface area contributed by atoms with E-state index >= 15 is 0 Å². The van der Waals surface area contributed by atoms with Gasteiger partial charge >= 0.3 is 5.97 Å². The third-order valence-corrected chi connectivity index (χ3v) is 8.28. The molecule has 30 heavy (non-hydrogen) atoms. The van der Waals surface area contributed by atoms with Crippen LogP contribution < -0.4 is 9.47 Å². The normalized spacial score (nSPS) is 32.2. The van der Waals surface area contributed by atoms with E-state index in [1.807, 2.05) is 18.2 Å². The molecule has 0 saturated heterocycles. The first kappa shape index (κ1) is 19.7. The Morgan fingerprint density at radius 2 is 1.87 bits per heavy atom. The van der Waals surface area contributed by atoms with Gasteiger partial charge in [0.05, 0.1) is 11.6 Å². The second-order valence-electron chi connectivity index (χ2n) is 10.0. The third kappa shape index (κ3) is 2.97. The Morgan fingerprint density at radius 3 is 2.67 bits per heavy atom. The molecule has 3 fully saturated rings. The average molecular weight is 410 g/mol. The van der Waals surface area contributed by atoms with Crippen molar-refractivity contribution < 1.29 is 19.1 Å². The molecule has 160 valence electrons. The van der Waals surface area contributed by atoms with Crippen LogP contribution in [-0.4, -0.2) is 18.5 Å². The molecule has 0 spiro atoms. The van der Waals surface area contributed by atoms with E-state index < -0.39 is 0 Å². The first-order chi connectivity index (χ1) is 14.4. The van der Waals surface area contributed by atoms with E-state index in [0.29, 0.717) is 5.92 Å². The molecule has 1 aliphatic heterocycles. The minimum Gasteiger partial charge on any atom is -0.454 e. The molecule has 2 atom stereocenters. The summed E-state index contributed by atoms with van der Waals surface area (Å²) in [5.74, 6) is 1.81. The van der Waals surface area contributed by atoms with Crippen LogP contribution in [0, 0.1) is 22.7 Å². The van der Waals surface area contributed by atoms with Crippen molar-refractivity contribution >= 4 is 17.8 Å². The molecule has 0 amide bonds. The minimum absolute atomic E-state index is 0.00351. The van der Waals surface area contributed by atoms with E-state index in [1.54, 1.807) is 0 Å². The van der Waals surface area contributed by atoms with Gasteiger partial charge in [0.15, 0.2) is 11.5 Å². The van der Waals surface area contributed by atoms with E-state index in [1.165, 1.54) is 12.0 Å². The smallest absolute Gasteiger partial charge is 0.338 e. The maximum atomic E-state index is 12.6. The second kappa shape index (κ2) is 7.14. The quantitative estimate of drug-likeness (QED) is 0.472. The average Bonchev–Trinajstić information content (AvgIpc) is 3.34. The summed E-state index contributed by atoms with van der Waals surface area (Å²) in [7, 11) is 0. The van der Waals surface area contributed by atoms with E-state index in [-0.39, 0.29) is 29.5 Å².